The zero-order valence-electron chi connectivity index (χ0n) is 11.6. The second-order valence-electron chi connectivity index (χ2n) is 5.14. The molecule has 23 heavy (non-hydrogen) atoms. The van der Waals surface area contributed by atoms with Gasteiger partial charge in [-0.3, -0.25) is 14.6 Å². The maximum absolute atomic E-state index is 12.6. The highest BCUT2D eigenvalue weighted by Gasteiger charge is 2.33. The van der Waals surface area contributed by atoms with Crippen LogP contribution in [0.5, 0.6) is 0 Å². The Morgan fingerprint density at radius 3 is 2.43 bits per heavy atom. The van der Waals surface area contributed by atoms with Gasteiger partial charge in [-0.05, 0) is 17.7 Å². The molecule has 3 rings (SSSR count). The van der Waals surface area contributed by atoms with Crippen LogP contribution in [0.3, 0.4) is 0 Å². The molecule has 1 aromatic carbocycles. The van der Waals surface area contributed by atoms with Crippen molar-refractivity contribution in [3.05, 3.63) is 51.3 Å². The van der Waals surface area contributed by atoms with E-state index in [1.54, 1.807) is 0 Å². The normalized spacial score (nSPS) is 17.5. The third-order valence-electron chi connectivity index (χ3n) is 3.61. The summed E-state index contributed by atoms with van der Waals surface area (Å²) in [6.45, 7) is 0. The van der Waals surface area contributed by atoms with Crippen LogP contribution in [0.4, 0.5) is 24.9 Å². The molecule has 0 bridgehead atoms. The molecule has 2 aromatic rings. The first kappa shape index (κ1) is 15.1. The maximum atomic E-state index is 12.6. The molecule has 1 atom stereocenters. The number of fused-ring (bicyclic) bond motifs is 1. The predicted molar refractivity (Wildman–Crippen MR) is 75.8 cm³/mol. The molecule has 0 unspecified atom stereocenters. The van der Waals surface area contributed by atoms with Crippen LogP contribution >= 0.6 is 0 Å². The van der Waals surface area contributed by atoms with Gasteiger partial charge in [-0.1, -0.05) is 12.1 Å². The molecule has 120 valence electrons. The second kappa shape index (κ2) is 5.11. The predicted octanol–water partition coefficient (Wildman–Crippen LogP) is 1.84. The lowest BCUT2D eigenvalue weighted by atomic mass is 9.86. The van der Waals surface area contributed by atoms with Crippen LogP contribution in [0.15, 0.2) is 29.1 Å². The fourth-order valence-electron chi connectivity index (χ4n) is 2.58. The van der Waals surface area contributed by atoms with Crippen molar-refractivity contribution in [3.8, 4) is 0 Å². The lowest BCUT2D eigenvalue weighted by Crippen LogP contribution is -2.31. The minimum atomic E-state index is -4.45. The van der Waals surface area contributed by atoms with Gasteiger partial charge in [0.2, 0.25) is 11.9 Å². The standard InChI is InChI=1S/C14H11F3N4O2/c15-14(16,17)7-3-1-6(2-4-7)8-5-9(22)19-11-10(8)12(23)21-13(18)20-11/h1-4,8H,5H2,(H4,18,19,20,21,22,23)/t8-/m1/s1. The van der Waals surface area contributed by atoms with Crippen LogP contribution < -0.4 is 16.6 Å². The Labute approximate surface area is 127 Å². The summed E-state index contributed by atoms with van der Waals surface area (Å²) < 4.78 is 37.9. The molecule has 1 aliphatic rings. The number of hydrogen-bond donors (Lipinski definition) is 3. The minimum absolute atomic E-state index is 0.0346. The van der Waals surface area contributed by atoms with E-state index in [0.29, 0.717) is 5.56 Å². The number of hydrogen-bond acceptors (Lipinski definition) is 4. The highest BCUT2D eigenvalue weighted by atomic mass is 19.4. The van der Waals surface area contributed by atoms with Gasteiger partial charge in [0.05, 0.1) is 11.1 Å². The van der Waals surface area contributed by atoms with Gasteiger partial charge in [0, 0.05) is 12.3 Å². The molecule has 1 aromatic heterocycles. The van der Waals surface area contributed by atoms with Crippen molar-refractivity contribution in [1.82, 2.24) is 9.97 Å². The van der Waals surface area contributed by atoms with Crippen molar-refractivity contribution < 1.29 is 18.0 Å². The Hall–Kier alpha value is -2.84. The number of rotatable bonds is 1. The first-order chi connectivity index (χ1) is 10.8. The number of nitrogens with two attached hydrogens (primary N) is 1. The van der Waals surface area contributed by atoms with Gasteiger partial charge in [-0.2, -0.15) is 18.2 Å². The van der Waals surface area contributed by atoms with Crippen LogP contribution in [0, 0.1) is 0 Å². The Morgan fingerprint density at radius 2 is 1.83 bits per heavy atom. The summed E-state index contributed by atoms with van der Waals surface area (Å²) in [5.41, 5.74) is 4.71. The number of nitrogens with one attached hydrogen (secondary N) is 2. The molecule has 0 aliphatic carbocycles. The first-order valence-electron chi connectivity index (χ1n) is 6.62. The first-order valence-corrected chi connectivity index (χ1v) is 6.62. The Morgan fingerprint density at radius 1 is 1.17 bits per heavy atom. The molecule has 2 heterocycles. The zero-order valence-corrected chi connectivity index (χ0v) is 11.6. The van der Waals surface area contributed by atoms with Crippen molar-refractivity contribution in [2.75, 3.05) is 11.1 Å². The molecule has 1 aliphatic heterocycles. The van der Waals surface area contributed by atoms with Gasteiger partial charge in [-0.15, -0.1) is 0 Å². The summed E-state index contributed by atoms with van der Waals surface area (Å²) in [5, 5.41) is 2.45. The monoisotopic (exact) mass is 324 g/mol. The van der Waals surface area contributed by atoms with E-state index in [1.165, 1.54) is 12.1 Å². The van der Waals surface area contributed by atoms with Gasteiger partial charge in [0.15, 0.2) is 0 Å². The van der Waals surface area contributed by atoms with Gasteiger partial charge in [0.1, 0.15) is 5.82 Å². The molecule has 0 saturated heterocycles. The number of benzene rings is 1. The van der Waals surface area contributed by atoms with Gasteiger partial charge < -0.3 is 11.1 Å². The summed E-state index contributed by atoms with van der Waals surface area (Å²) in [4.78, 5) is 30.1. The number of nitrogen functional groups attached to an aromatic ring is 1. The number of halogens is 3. The number of carbonyl (C=O) groups excluding carboxylic acids is 1. The van der Waals surface area contributed by atoms with Crippen LogP contribution in [0.2, 0.25) is 0 Å². The van der Waals surface area contributed by atoms with E-state index in [4.69, 9.17) is 5.73 Å². The zero-order chi connectivity index (χ0) is 16.8. The summed E-state index contributed by atoms with van der Waals surface area (Å²) >= 11 is 0. The molecule has 9 heteroatoms. The molecule has 6 nitrogen and oxygen atoms in total. The maximum Gasteiger partial charge on any atom is 0.416 e. The highest BCUT2D eigenvalue weighted by molar-refractivity contribution is 5.94. The molecule has 0 saturated carbocycles. The van der Waals surface area contributed by atoms with Crippen LogP contribution in [-0.4, -0.2) is 15.9 Å². The molecular formula is C14H11F3N4O2. The Bertz CT molecular complexity index is 827. The van der Waals surface area contributed by atoms with E-state index in [0.717, 1.165) is 12.1 Å². The lowest BCUT2D eigenvalue weighted by Gasteiger charge is -2.24. The number of anilines is 2. The Balaban J connectivity index is 2.08. The Kier molecular flexibility index (Phi) is 3.35. The lowest BCUT2D eigenvalue weighted by molar-refractivity contribution is -0.137. The van der Waals surface area contributed by atoms with Crippen molar-refractivity contribution in [1.29, 1.82) is 0 Å². The largest absolute Gasteiger partial charge is 0.416 e. The van der Waals surface area contributed by atoms with E-state index in [2.05, 4.69) is 15.3 Å². The van der Waals surface area contributed by atoms with Crippen molar-refractivity contribution in [2.45, 2.75) is 18.5 Å². The van der Waals surface area contributed by atoms with Gasteiger partial charge in [0.25, 0.3) is 5.56 Å². The van der Waals surface area contributed by atoms with Gasteiger partial charge >= 0.3 is 6.18 Å². The number of nitrogens with zero attached hydrogens (tertiary/aromatic N) is 1. The smallest absolute Gasteiger partial charge is 0.369 e. The number of amides is 1. The van der Waals surface area contributed by atoms with Crippen molar-refractivity contribution in [2.24, 2.45) is 0 Å². The van der Waals surface area contributed by atoms with E-state index in [1.807, 2.05) is 0 Å². The molecule has 0 spiro atoms. The summed E-state index contributed by atoms with van der Waals surface area (Å²) in [5.74, 6) is -1.19. The summed E-state index contributed by atoms with van der Waals surface area (Å²) in [6.07, 6.45) is -4.51. The molecule has 4 N–H and O–H groups in total. The van der Waals surface area contributed by atoms with Crippen LogP contribution in [0.1, 0.15) is 29.0 Å². The van der Waals surface area contributed by atoms with Crippen molar-refractivity contribution >= 4 is 17.7 Å². The third-order valence-corrected chi connectivity index (χ3v) is 3.61. The molecule has 1 amide bonds. The highest BCUT2D eigenvalue weighted by Crippen LogP contribution is 2.35. The van der Waals surface area contributed by atoms with E-state index in [9.17, 15) is 22.8 Å². The summed E-state index contributed by atoms with van der Waals surface area (Å²) in [7, 11) is 0. The topological polar surface area (TPSA) is 101 Å². The van der Waals surface area contributed by atoms with E-state index >= 15 is 0 Å². The quantitative estimate of drug-likeness (QED) is 0.745. The third kappa shape index (κ3) is 2.77. The molecular weight excluding hydrogens is 313 g/mol. The SMILES string of the molecule is Nc1nc2c(c(=O)[nH]1)[C@@H](c1ccc(C(F)(F)F)cc1)CC(=O)N2. The number of H-pyrrole nitrogens is 1. The number of aromatic nitrogens is 2. The van der Waals surface area contributed by atoms with E-state index in [-0.39, 0.29) is 29.7 Å². The average molecular weight is 324 g/mol. The fraction of sp³-hybridized carbons (Fsp3) is 0.214. The number of alkyl halides is 3. The van der Waals surface area contributed by atoms with E-state index < -0.39 is 23.2 Å². The fourth-order valence-corrected chi connectivity index (χ4v) is 2.58. The average Bonchev–Trinajstić information content (AvgIpc) is 2.44. The molecule has 0 radical (unpaired) electrons. The molecule has 0 fully saturated rings. The number of carbonyl (C=O) groups is 1. The number of aromatic amines is 1. The van der Waals surface area contributed by atoms with Gasteiger partial charge in [-0.25, -0.2) is 0 Å². The second-order valence-corrected chi connectivity index (χ2v) is 5.14. The van der Waals surface area contributed by atoms with Crippen LogP contribution in [-0.2, 0) is 11.0 Å². The summed E-state index contributed by atoms with van der Waals surface area (Å²) in [6, 6.07) is 4.35. The van der Waals surface area contributed by atoms with Crippen LogP contribution in [0.25, 0.3) is 0 Å². The minimum Gasteiger partial charge on any atom is -0.369 e. The van der Waals surface area contributed by atoms with Crippen molar-refractivity contribution in [3.63, 3.8) is 0 Å².